The summed E-state index contributed by atoms with van der Waals surface area (Å²) in [5.41, 5.74) is 0. The maximum absolute atomic E-state index is 12.3. The van der Waals surface area contributed by atoms with Crippen LogP contribution in [0, 0.1) is 0 Å². The van der Waals surface area contributed by atoms with Gasteiger partial charge in [-0.2, -0.15) is 0 Å². The van der Waals surface area contributed by atoms with Crippen molar-refractivity contribution in [2.24, 2.45) is 0 Å². The van der Waals surface area contributed by atoms with Gasteiger partial charge in [-0.05, 0) is 32.2 Å². The SMILES string of the molecule is Cl.Cl.O=C(CN1CCN(C(=O)CC2CCCN2)CC1)NC1CCCCC1. The summed E-state index contributed by atoms with van der Waals surface area (Å²) in [6, 6.07) is 0.754. The summed E-state index contributed by atoms with van der Waals surface area (Å²) >= 11 is 0. The van der Waals surface area contributed by atoms with Crippen molar-refractivity contribution in [2.45, 2.75) is 63.5 Å². The first-order chi connectivity index (χ1) is 11.7. The van der Waals surface area contributed by atoms with Gasteiger partial charge in [0.05, 0.1) is 6.54 Å². The minimum atomic E-state index is 0. The monoisotopic (exact) mass is 408 g/mol. The van der Waals surface area contributed by atoms with Gasteiger partial charge in [0.1, 0.15) is 0 Å². The fourth-order valence-corrected chi connectivity index (χ4v) is 4.15. The van der Waals surface area contributed by atoms with Crippen LogP contribution in [-0.4, -0.2) is 73.0 Å². The predicted octanol–water partition coefficient (Wildman–Crippen LogP) is 1.57. The number of rotatable bonds is 5. The highest BCUT2D eigenvalue weighted by Crippen LogP contribution is 2.17. The Bertz CT molecular complexity index is 433. The molecular formula is C18H34Cl2N4O2. The van der Waals surface area contributed by atoms with Crippen molar-refractivity contribution in [1.82, 2.24) is 20.4 Å². The summed E-state index contributed by atoms with van der Waals surface area (Å²) in [5, 5.41) is 6.57. The van der Waals surface area contributed by atoms with Crippen molar-refractivity contribution in [3.63, 3.8) is 0 Å². The van der Waals surface area contributed by atoms with E-state index in [4.69, 9.17) is 0 Å². The van der Waals surface area contributed by atoms with Gasteiger partial charge in [-0.15, -0.1) is 24.8 Å². The van der Waals surface area contributed by atoms with Gasteiger partial charge in [0.2, 0.25) is 11.8 Å². The highest BCUT2D eigenvalue weighted by Gasteiger charge is 2.26. The van der Waals surface area contributed by atoms with Crippen molar-refractivity contribution < 1.29 is 9.59 Å². The van der Waals surface area contributed by atoms with E-state index in [1.807, 2.05) is 4.90 Å². The molecule has 8 heteroatoms. The van der Waals surface area contributed by atoms with Crippen LogP contribution in [0.3, 0.4) is 0 Å². The Hall–Kier alpha value is -0.560. The molecule has 3 aliphatic rings. The Morgan fingerprint density at radius 1 is 0.923 bits per heavy atom. The third-order valence-corrected chi connectivity index (χ3v) is 5.65. The van der Waals surface area contributed by atoms with Gasteiger partial charge in [0, 0.05) is 44.7 Å². The van der Waals surface area contributed by atoms with Crippen LogP contribution in [0.1, 0.15) is 51.4 Å². The van der Waals surface area contributed by atoms with E-state index in [1.165, 1.54) is 25.7 Å². The lowest BCUT2D eigenvalue weighted by atomic mass is 9.95. The molecule has 0 bridgehead atoms. The Balaban J connectivity index is 0.00000169. The first-order valence-corrected chi connectivity index (χ1v) is 9.73. The van der Waals surface area contributed by atoms with Crippen LogP contribution in [0.2, 0.25) is 0 Å². The Morgan fingerprint density at radius 2 is 1.62 bits per heavy atom. The molecule has 2 amide bonds. The van der Waals surface area contributed by atoms with Crippen LogP contribution < -0.4 is 10.6 Å². The van der Waals surface area contributed by atoms with Gasteiger partial charge < -0.3 is 15.5 Å². The topological polar surface area (TPSA) is 64.7 Å². The van der Waals surface area contributed by atoms with Crippen LogP contribution in [0.5, 0.6) is 0 Å². The largest absolute Gasteiger partial charge is 0.352 e. The molecule has 0 radical (unpaired) electrons. The Kier molecular flexibility index (Phi) is 10.8. The number of hydrogen-bond acceptors (Lipinski definition) is 4. The fraction of sp³-hybridized carbons (Fsp3) is 0.889. The smallest absolute Gasteiger partial charge is 0.234 e. The van der Waals surface area contributed by atoms with Crippen molar-refractivity contribution in [1.29, 1.82) is 0 Å². The zero-order valence-electron chi connectivity index (χ0n) is 15.6. The van der Waals surface area contributed by atoms with Crippen LogP contribution >= 0.6 is 24.8 Å². The molecule has 26 heavy (non-hydrogen) atoms. The van der Waals surface area contributed by atoms with Gasteiger partial charge in [-0.1, -0.05) is 19.3 Å². The summed E-state index contributed by atoms with van der Waals surface area (Å²) in [7, 11) is 0. The summed E-state index contributed by atoms with van der Waals surface area (Å²) in [6.45, 7) is 4.64. The minimum Gasteiger partial charge on any atom is -0.352 e. The Labute approximate surface area is 169 Å². The van der Waals surface area contributed by atoms with E-state index in [-0.39, 0.29) is 36.6 Å². The number of halogens is 2. The first-order valence-electron chi connectivity index (χ1n) is 9.73. The summed E-state index contributed by atoms with van der Waals surface area (Å²) in [6.07, 6.45) is 8.96. The fourth-order valence-electron chi connectivity index (χ4n) is 4.15. The maximum atomic E-state index is 12.3. The van der Waals surface area contributed by atoms with E-state index in [0.717, 1.165) is 52.0 Å². The lowest BCUT2D eigenvalue weighted by Crippen LogP contribution is -2.52. The zero-order valence-corrected chi connectivity index (χ0v) is 17.2. The first kappa shape index (κ1) is 23.5. The molecule has 0 spiro atoms. The van der Waals surface area contributed by atoms with Crippen LogP contribution in [0.15, 0.2) is 0 Å². The van der Waals surface area contributed by atoms with Gasteiger partial charge in [-0.25, -0.2) is 0 Å². The second-order valence-electron chi connectivity index (χ2n) is 7.56. The van der Waals surface area contributed by atoms with Gasteiger partial charge in [0.15, 0.2) is 0 Å². The highest BCUT2D eigenvalue weighted by molar-refractivity contribution is 5.85. The normalized spacial score (nSPS) is 24.5. The molecule has 0 aromatic rings. The predicted molar refractivity (Wildman–Crippen MR) is 108 cm³/mol. The molecular weight excluding hydrogens is 375 g/mol. The number of amides is 2. The molecule has 1 aliphatic carbocycles. The van der Waals surface area contributed by atoms with Crippen LogP contribution in [-0.2, 0) is 9.59 Å². The van der Waals surface area contributed by atoms with Gasteiger partial charge >= 0.3 is 0 Å². The number of carbonyl (C=O) groups excluding carboxylic acids is 2. The number of nitrogens with zero attached hydrogens (tertiary/aromatic N) is 2. The molecule has 152 valence electrons. The lowest BCUT2D eigenvalue weighted by molar-refractivity contribution is -0.133. The highest BCUT2D eigenvalue weighted by atomic mass is 35.5. The van der Waals surface area contributed by atoms with Crippen LogP contribution in [0.4, 0.5) is 0 Å². The standard InChI is InChI=1S/C18H32N4O2.2ClH/c23-17(20-15-5-2-1-3-6-15)14-21-9-11-22(12-10-21)18(24)13-16-7-4-8-19-16;;/h15-16,19H,1-14H2,(H,20,23);2*1H. The van der Waals surface area contributed by atoms with E-state index in [2.05, 4.69) is 15.5 Å². The third-order valence-electron chi connectivity index (χ3n) is 5.65. The van der Waals surface area contributed by atoms with Crippen LogP contribution in [0.25, 0.3) is 0 Å². The van der Waals surface area contributed by atoms with Gasteiger partial charge in [0.25, 0.3) is 0 Å². The molecule has 3 fully saturated rings. The summed E-state index contributed by atoms with van der Waals surface area (Å²) < 4.78 is 0. The molecule has 0 aromatic heterocycles. The van der Waals surface area contributed by atoms with Crippen molar-refractivity contribution >= 4 is 36.6 Å². The molecule has 6 nitrogen and oxygen atoms in total. The van der Waals surface area contributed by atoms with Crippen molar-refractivity contribution in [2.75, 3.05) is 39.3 Å². The van der Waals surface area contributed by atoms with Gasteiger partial charge in [-0.3, -0.25) is 14.5 Å². The number of piperazine rings is 1. The minimum absolute atomic E-state index is 0. The van der Waals surface area contributed by atoms with E-state index in [0.29, 0.717) is 25.0 Å². The number of hydrogen-bond donors (Lipinski definition) is 2. The van der Waals surface area contributed by atoms with E-state index < -0.39 is 0 Å². The summed E-state index contributed by atoms with van der Waals surface area (Å²) in [4.78, 5) is 28.7. The maximum Gasteiger partial charge on any atom is 0.234 e. The number of nitrogens with one attached hydrogen (secondary N) is 2. The van der Waals surface area contributed by atoms with E-state index >= 15 is 0 Å². The molecule has 2 heterocycles. The second kappa shape index (κ2) is 12.0. The third kappa shape index (κ3) is 7.22. The van der Waals surface area contributed by atoms with Crippen molar-refractivity contribution in [3.05, 3.63) is 0 Å². The average molecular weight is 409 g/mol. The Morgan fingerprint density at radius 3 is 2.23 bits per heavy atom. The quantitative estimate of drug-likeness (QED) is 0.724. The molecule has 2 aliphatic heterocycles. The summed E-state index contributed by atoms with van der Waals surface area (Å²) in [5.74, 6) is 0.414. The molecule has 2 N–H and O–H groups in total. The molecule has 1 saturated carbocycles. The second-order valence-corrected chi connectivity index (χ2v) is 7.56. The molecule has 2 saturated heterocycles. The lowest BCUT2D eigenvalue weighted by Gasteiger charge is -2.35. The molecule has 1 atom stereocenters. The molecule has 1 unspecified atom stereocenters. The van der Waals surface area contributed by atoms with E-state index in [1.54, 1.807) is 0 Å². The molecule has 0 aromatic carbocycles. The number of carbonyl (C=O) groups is 2. The average Bonchev–Trinajstić information content (AvgIpc) is 3.09. The van der Waals surface area contributed by atoms with Crippen molar-refractivity contribution in [3.8, 4) is 0 Å². The van der Waals surface area contributed by atoms with E-state index in [9.17, 15) is 9.59 Å². The molecule has 3 rings (SSSR count). The zero-order chi connectivity index (χ0) is 16.8.